The Hall–Kier alpha value is -1.74. The second-order valence-corrected chi connectivity index (χ2v) is 6.76. The van der Waals surface area contributed by atoms with Crippen LogP contribution >= 0.6 is 0 Å². The molecule has 1 aliphatic rings. The lowest BCUT2D eigenvalue weighted by Gasteiger charge is -2.30. The molecule has 2 heterocycles. The van der Waals surface area contributed by atoms with E-state index in [0.29, 0.717) is 19.3 Å². The summed E-state index contributed by atoms with van der Waals surface area (Å²) in [6.45, 7) is 3.68. The highest BCUT2D eigenvalue weighted by Crippen LogP contribution is 2.28. The second-order valence-electron chi connectivity index (χ2n) is 6.76. The third kappa shape index (κ3) is 4.61. The number of nitrogens with one attached hydrogen (secondary N) is 1. The average molecular weight is 312 g/mol. The van der Waals surface area contributed by atoms with E-state index in [1.54, 1.807) is 0 Å². The van der Waals surface area contributed by atoms with Crippen molar-refractivity contribution in [3.8, 4) is 0 Å². The molecule has 0 atom stereocenters. The number of rotatable bonds is 5. The van der Waals surface area contributed by atoms with E-state index in [1.807, 2.05) is 12.4 Å². The van der Waals surface area contributed by atoms with Crippen molar-refractivity contribution >= 4 is 0 Å². The summed E-state index contributed by atoms with van der Waals surface area (Å²) in [5.74, 6) is 0. The molecule has 1 aliphatic heterocycles. The Morgan fingerprint density at radius 1 is 1.04 bits per heavy atom. The zero-order valence-electron chi connectivity index (χ0n) is 13.8. The molecule has 2 nitrogen and oxygen atoms in total. The Morgan fingerprint density at radius 3 is 2.48 bits per heavy atom. The number of halogens is 1. The molecule has 1 aromatic heterocycles. The van der Waals surface area contributed by atoms with E-state index in [9.17, 15) is 4.39 Å². The minimum absolute atomic E-state index is 0.602. The molecule has 1 aromatic carbocycles. The van der Waals surface area contributed by atoms with Crippen molar-refractivity contribution < 1.29 is 4.39 Å². The molecule has 23 heavy (non-hydrogen) atoms. The monoisotopic (exact) mass is 312 g/mol. The normalized spacial score (nSPS) is 17.1. The molecule has 1 saturated heterocycles. The van der Waals surface area contributed by atoms with Gasteiger partial charge in [0.1, 0.15) is 5.67 Å². The van der Waals surface area contributed by atoms with Gasteiger partial charge in [0, 0.05) is 12.4 Å². The molecule has 0 spiro atoms. The summed E-state index contributed by atoms with van der Waals surface area (Å²) in [6.07, 6.45) is 7.30. The average Bonchev–Trinajstić information content (AvgIpc) is 2.56. The molecular formula is C20H25FN2. The minimum Gasteiger partial charge on any atom is -0.316 e. The minimum atomic E-state index is -1.00. The van der Waals surface area contributed by atoms with Gasteiger partial charge >= 0.3 is 0 Å². The van der Waals surface area contributed by atoms with Crippen LogP contribution < -0.4 is 5.32 Å². The fraction of sp³-hybridized carbons (Fsp3) is 0.450. The summed E-state index contributed by atoms with van der Waals surface area (Å²) in [4.78, 5) is 4.35. The van der Waals surface area contributed by atoms with Crippen LogP contribution in [0.4, 0.5) is 4.39 Å². The maximum Gasteiger partial charge on any atom is 0.113 e. The summed E-state index contributed by atoms with van der Waals surface area (Å²) < 4.78 is 14.7. The number of hydrogen-bond donors (Lipinski definition) is 1. The standard InChI is InChI=1S/C20H25FN2/c1-16-2-4-17(5-3-16)12-19-13-18(14-23-15-19)6-7-20(21)8-10-22-11-9-20/h2-5,13-15,22H,6-12H2,1H3. The number of piperidine rings is 1. The first kappa shape index (κ1) is 16.1. The van der Waals surface area contributed by atoms with E-state index in [4.69, 9.17) is 0 Å². The molecule has 1 N–H and O–H groups in total. The fourth-order valence-electron chi connectivity index (χ4n) is 3.21. The highest BCUT2D eigenvalue weighted by molar-refractivity contribution is 5.28. The lowest BCUT2D eigenvalue weighted by atomic mass is 9.88. The Morgan fingerprint density at radius 2 is 1.74 bits per heavy atom. The molecule has 0 saturated carbocycles. The Balaban J connectivity index is 1.61. The van der Waals surface area contributed by atoms with Crippen LogP contribution in [0.3, 0.4) is 0 Å². The van der Waals surface area contributed by atoms with Crippen LogP contribution in [-0.2, 0) is 12.8 Å². The van der Waals surface area contributed by atoms with Crippen molar-refractivity contribution in [1.82, 2.24) is 10.3 Å². The molecule has 122 valence electrons. The van der Waals surface area contributed by atoms with E-state index in [1.165, 1.54) is 16.7 Å². The van der Waals surface area contributed by atoms with Crippen molar-refractivity contribution in [2.75, 3.05) is 13.1 Å². The van der Waals surface area contributed by atoms with Gasteiger partial charge in [0.05, 0.1) is 0 Å². The number of aromatic nitrogens is 1. The summed E-state index contributed by atoms with van der Waals surface area (Å²) in [6, 6.07) is 10.8. The lowest BCUT2D eigenvalue weighted by molar-refractivity contribution is 0.105. The number of alkyl halides is 1. The summed E-state index contributed by atoms with van der Waals surface area (Å²) in [5, 5.41) is 3.23. The number of pyridine rings is 1. The summed E-state index contributed by atoms with van der Waals surface area (Å²) in [5.41, 5.74) is 3.90. The van der Waals surface area contributed by atoms with E-state index in [2.05, 4.69) is 47.6 Å². The maximum absolute atomic E-state index is 14.7. The van der Waals surface area contributed by atoms with E-state index >= 15 is 0 Å². The first-order valence-electron chi connectivity index (χ1n) is 8.51. The molecule has 0 aliphatic carbocycles. The SMILES string of the molecule is Cc1ccc(Cc2cncc(CCC3(F)CCNCC3)c2)cc1. The number of aryl methyl sites for hydroxylation is 2. The van der Waals surface area contributed by atoms with Crippen molar-refractivity contribution in [3.05, 3.63) is 65.0 Å². The van der Waals surface area contributed by atoms with Gasteiger partial charge in [-0.05, 0) is 68.8 Å². The lowest BCUT2D eigenvalue weighted by Crippen LogP contribution is -2.38. The fourth-order valence-corrected chi connectivity index (χ4v) is 3.21. The second kappa shape index (κ2) is 7.22. The van der Waals surface area contributed by atoms with Crippen LogP contribution in [-0.4, -0.2) is 23.7 Å². The van der Waals surface area contributed by atoms with E-state index < -0.39 is 5.67 Å². The first-order chi connectivity index (χ1) is 11.1. The van der Waals surface area contributed by atoms with E-state index in [-0.39, 0.29) is 0 Å². The molecule has 0 amide bonds. The van der Waals surface area contributed by atoms with Gasteiger partial charge < -0.3 is 5.32 Å². The van der Waals surface area contributed by atoms with Crippen molar-refractivity contribution in [2.45, 2.75) is 44.7 Å². The summed E-state index contributed by atoms with van der Waals surface area (Å²) >= 11 is 0. The molecule has 1 fully saturated rings. The first-order valence-corrected chi connectivity index (χ1v) is 8.51. The van der Waals surface area contributed by atoms with Crippen molar-refractivity contribution in [3.63, 3.8) is 0 Å². The topological polar surface area (TPSA) is 24.9 Å². The van der Waals surface area contributed by atoms with Crippen LogP contribution in [0.1, 0.15) is 41.5 Å². The number of hydrogen-bond acceptors (Lipinski definition) is 2. The van der Waals surface area contributed by atoms with Gasteiger partial charge in [-0.2, -0.15) is 0 Å². The van der Waals surface area contributed by atoms with Gasteiger partial charge in [0.25, 0.3) is 0 Å². The highest BCUT2D eigenvalue weighted by Gasteiger charge is 2.30. The molecular weight excluding hydrogens is 287 g/mol. The number of benzene rings is 1. The van der Waals surface area contributed by atoms with Gasteiger partial charge in [-0.25, -0.2) is 4.39 Å². The molecule has 3 heteroatoms. The third-order valence-electron chi connectivity index (χ3n) is 4.74. The van der Waals surface area contributed by atoms with Crippen LogP contribution in [0.2, 0.25) is 0 Å². The van der Waals surface area contributed by atoms with Gasteiger partial charge in [-0.3, -0.25) is 4.98 Å². The van der Waals surface area contributed by atoms with Gasteiger partial charge in [0.15, 0.2) is 0 Å². The summed E-state index contributed by atoms with van der Waals surface area (Å²) in [7, 11) is 0. The number of nitrogens with zero attached hydrogens (tertiary/aromatic N) is 1. The van der Waals surface area contributed by atoms with Crippen LogP contribution in [0, 0.1) is 6.92 Å². The molecule has 0 bridgehead atoms. The molecule has 2 aromatic rings. The van der Waals surface area contributed by atoms with E-state index in [0.717, 1.165) is 31.5 Å². The maximum atomic E-state index is 14.7. The van der Waals surface area contributed by atoms with Gasteiger partial charge in [-0.15, -0.1) is 0 Å². The van der Waals surface area contributed by atoms with Gasteiger partial charge in [-0.1, -0.05) is 35.9 Å². The Labute approximate surface area is 138 Å². The highest BCUT2D eigenvalue weighted by atomic mass is 19.1. The zero-order chi connectivity index (χ0) is 16.1. The zero-order valence-corrected chi connectivity index (χ0v) is 13.8. The van der Waals surface area contributed by atoms with Crippen LogP contribution in [0.5, 0.6) is 0 Å². The Bertz CT molecular complexity index is 630. The molecule has 0 unspecified atom stereocenters. The molecule has 0 radical (unpaired) electrons. The predicted octanol–water partition coefficient (Wildman–Crippen LogP) is 4.01. The van der Waals surface area contributed by atoms with Crippen LogP contribution in [0.15, 0.2) is 42.7 Å². The third-order valence-corrected chi connectivity index (χ3v) is 4.74. The Kier molecular flexibility index (Phi) is 5.06. The smallest absolute Gasteiger partial charge is 0.113 e. The quantitative estimate of drug-likeness (QED) is 0.902. The molecule has 3 rings (SSSR count). The predicted molar refractivity (Wildman–Crippen MR) is 92.5 cm³/mol. The van der Waals surface area contributed by atoms with Crippen molar-refractivity contribution in [1.29, 1.82) is 0 Å². The van der Waals surface area contributed by atoms with Crippen LogP contribution in [0.25, 0.3) is 0 Å². The largest absolute Gasteiger partial charge is 0.316 e. The van der Waals surface area contributed by atoms with Crippen molar-refractivity contribution in [2.24, 2.45) is 0 Å². The van der Waals surface area contributed by atoms with Gasteiger partial charge in [0.2, 0.25) is 0 Å².